The molecule has 0 unspecified atom stereocenters. The summed E-state index contributed by atoms with van der Waals surface area (Å²) < 4.78 is 0. The second kappa shape index (κ2) is 6.53. The average Bonchev–Trinajstić information content (AvgIpc) is 2.98. The van der Waals surface area contributed by atoms with Crippen LogP contribution in [0.25, 0.3) is 0 Å². The highest BCUT2D eigenvalue weighted by atomic mass is 16.1. The van der Waals surface area contributed by atoms with Crippen molar-refractivity contribution in [2.24, 2.45) is 0 Å². The van der Waals surface area contributed by atoms with Crippen LogP contribution in [-0.2, 0) is 6.42 Å². The molecule has 1 saturated carbocycles. The van der Waals surface area contributed by atoms with Gasteiger partial charge in [-0.3, -0.25) is 9.69 Å². The zero-order valence-electron chi connectivity index (χ0n) is 13.1. The van der Waals surface area contributed by atoms with Gasteiger partial charge in [0.25, 0.3) is 0 Å². The molecule has 0 aromatic heterocycles. The number of aryl methyl sites for hydroxylation is 1. The lowest BCUT2D eigenvalue weighted by molar-refractivity contribution is 0.0584. The van der Waals surface area contributed by atoms with Gasteiger partial charge in [-0.05, 0) is 37.9 Å². The molecule has 1 aromatic carbocycles. The second-order valence-corrected chi connectivity index (χ2v) is 5.79. The van der Waals surface area contributed by atoms with Crippen LogP contribution in [0.4, 0.5) is 0 Å². The van der Waals surface area contributed by atoms with Crippen molar-refractivity contribution in [3.63, 3.8) is 0 Å². The van der Waals surface area contributed by atoms with E-state index in [2.05, 4.69) is 37.8 Å². The number of Topliss-reactive ketones (excluding diaryl/α,β-unsaturated/α-hetero) is 1. The minimum Gasteiger partial charge on any atom is -0.292 e. The molecule has 1 aliphatic carbocycles. The summed E-state index contributed by atoms with van der Waals surface area (Å²) in [6, 6.07) is 8.23. The molecular formula is C18H27NO. The lowest BCUT2D eigenvalue weighted by Gasteiger charge is -2.39. The summed E-state index contributed by atoms with van der Waals surface area (Å²) in [7, 11) is 0. The Bertz CT molecular complexity index is 439. The van der Waals surface area contributed by atoms with Gasteiger partial charge in [0.15, 0.2) is 5.78 Å². The Hall–Kier alpha value is -1.15. The Morgan fingerprint density at radius 3 is 2.05 bits per heavy atom. The average molecular weight is 273 g/mol. The fourth-order valence-electron chi connectivity index (χ4n) is 3.64. The van der Waals surface area contributed by atoms with Crippen molar-refractivity contribution in [3.8, 4) is 0 Å². The van der Waals surface area contributed by atoms with Crippen molar-refractivity contribution in [3.05, 3.63) is 35.4 Å². The SMILES string of the molecule is CCc1ccc(C(=O)C2(N(CC)CC)CCCC2)cc1. The van der Waals surface area contributed by atoms with Gasteiger partial charge in [0.1, 0.15) is 0 Å². The molecular weight excluding hydrogens is 246 g/mol. The van der Waals surface area contributed by atoms with Crippen molar-refractivity contribution in [1.29, 1.82) is 0 Å². The molecule has 0 atom stereocenters. The molecule has 1 aliphatic rings. The van der Waals surface area contributed by atoms with E-state index in [1.807, 2.05) is 12.1 Å². The van der Waals surface area contributed by atoms with E-state index >= 15 is 0 Å². The molecule has 2 rings (SSSR count). The molecule has 1 fully saturated rings. The quantitative estimate of drug-likeness (QED) is 0.728. The summed E-state index contributed by atoms with van der Waals surface area (Å²) in [5.41, 5.74) is 1.94. The zero-order valence-corrected chi connectivity index (χ0v) is 13.1. The van der Waals surface area contributed by atoms with E-state index in [4.69, 9.17) is 0 Å². The smallest absolute Gasteiger partial charge is 0.183 e. The van der Waals surface area contributed by atoms with Gasteiger partial charge >= 0.3 is 0 Å². The van der Waals surface area contributed by atoms with Crippen LogP contribution in [0.1, 0.15) is 62.4 Å². The number of likely N-dealkylation sites (N-methyl/N-ethyl adjacent to an activating group) is 1. The zero-order chi connectivity index (χ0) is 14.6. The van der Waals surface area contributed by atoms with Crippen LogP contribution in [0.2, 0.25) is 0 Å². The van der Waals surface area contributed by atoms with Crippen molar-refractivity contribution >= 4 is 5.78 Å². The molecule has 1 aromatic rings. The first-order valence-electron chi connectivity index (χ1n) is 8.06. The second-order valence-electron chi connectivity index (χ2n) is 5.79. The maximum Gasteiger partial charge on any atom is 0.183 e. The molecule has 0 heterocycles. The van der Waals surface area contributed by atoms with Gasteiger partial charge in [-0.15, -0.1) is 0 Å². The molecule has 20 heavy (non-hydrogen) atoms. The highest BCUT2D eigenvalue weighted by Crippen LogP contribution is 2.38. The minimum atomic E-state index is -0.239. The van der Waals surface area contributed by atoms with Crippen molar-refractivity contribution < 1.29 is 4.79 Å². The first-order valence-corrected chi connectivity index (χ1v) is 8.06. The maximum absolute atomic E-state index is 13.1. The Morgan fingerprint density at radius 1 is 1.05 bits per heavy atom. The van der Waals surface area contributed by atoms with E-state index in [9.17, 15) is 4.79 Å². The van der Waals surface area contributed by atoms with E-state index in [0.717, 1.165) is 37.9 Å². The number of nitrogens with zero attached hydrogens (tertiary/aromatic N) is 1. The first kappa shape index (κ1) is 15.2. The molecule has 0 radical (unpaired) electrons. The molecule has 0 N–H and O–H groups in total. The number of carbonyl (C=O) groups is 1. The van der Waals surface area contributed by atoms with Crippen LogP contribution >= 0.6 is 0 Å². The Morgan fingerprint density at radius 2 is 1.60 bits per heavy atom. The van der Waals surface area contributed by atoms with Crippen LogP contribution in [0.15, 0.2) is 24.3 Å². The summed E-state index contributed by atoms with van der Waals surface area (Å²) in [6.07, 6.45) is 5.41. The molecule has 0 saturated heterocycles. The molecule has 0 bridgehead atoms. The van der Waals surface area contributed by atoms with Gasteiger partial charge in [0.05, 0.1) is 5.54 Å². The molecule has 0 aliphatic heterocycles. The summed E-state index contributed by atoms with van der Waals surface area (Å²) in [5, 5.41) is 0. The first-order chi connectivity index (χ1) is 9.67. The molecule has 2 heteroatoms. The van der Waals surface area contributed by atoms with Gasteiger partial charge in [-0.25, -0.2) is 0 Å². The topological polar surface area (TPSA) is 20.3 Å². The van der Waals surface area contributed by atoms with E-state index in [-0.39, 0.29) is 5.54 Å². The lowest BCUT2D eigenvalue weighted by atomic mass is 9.85. The Kier molecular flexibility index (Phi) is 4.98. The predicted octanol–water partition coefficient (Wildman–Crippen LogP) is 4.09. The lowest BCUT2D eigenvalue weighted by Crippen LogP contribution is -2.52. The van der Waals surface area contributed by atoms with Crippen molar-refractivity contribution in [2.75, 3.05) is 13.1 Å². The highest BCUT2D eigenvalue weighted by Gasteiger charge is 2.44. The number of carbonyl (C=O) groups excluding carboxylic acids is 1. The van der Waals surface area contributed by atoms with E-state index in [1.165, 1.54) is 18.4 Å². The monoisotopic (exact) mass is 273 g/mol. The Labute approximate surface area is 123 Å². The van der Waals surface area contributed by atoms with Gasteiger partial charge < -0.3 is 0 Å². The summed E-state index contributed by atoms with van der Waals surface area (Å²) >= 11 is 0. The third-order valence-corrected chi connectivity index (χ3v) is 4.85. The largest absolute Gasteiger partial charge is 0.292 e. The van der Waals surface area contributed by atoms with Crippen LogP contribution in [-0.4, -0.2) is 29.3 Å². The highest BCUT2D eigenvalue weighted by molar-refractivity contribution is 6.03. The van der Waals surface area contributed by atoms with Gasteiger partial charge in [-0.2, -0.15) is 0 Å². The summed E-state index contributed by atoms with van der Waals surface area (Å²) in [4.78, 5) is 15.5. The fraction of sp³-hybridized carbons (Fsp3) is 0.611. The fourth-order valence-corrected chi connectivity index (χ4v) is 3.64. The number of hydrogen-bond acceptors (Lipinski definition) is 2. The number of hydrogen-bond donors (Lipinski definition) is 0. The number of benzene rings is 1. The molecule has 0 amide bonds. The van der Waals surface area contributed by atoms with Crippen molar-refractivity contribution in [2.45, 2.75) is 58.4 Å². The molecule has 0 spiro atoms. The molecule has 110 valence electrons. The third-order valence-electron chi connectivity index (χ3n) is 4.85. The van der Waals surface area contributed by atoms with Gasteiger partial charge in [0.2, 0.25) is 0 Å². The predicted molar refractivity (Wildman–Crippen MR) is 84.3 cm³/mol. The Balaban J connectivity index is 2.31. The maximum atomic E-state index is 13.1. The van der Waals surface area contributed by atoms with Crippen LogP contribution in [0.3, 0.4) is 0 Å². The summed E-state index contributed by atoms with van der Waals surface area (Å²) in [5.74, 6) is 0.335. The van der Waals surface area contributed by atoms with E-state index in [0.29, 0.717) is 5.78 Å². The van der Waals surface area contributed by atoms with Crippen LogP contribution in [0.5, 0.6) is 0 Å². The van der Waals surface area contributed by atoms with Gasteiger partial charge in [-0.1, -0.05) is 57.9 Å². The minimum absolute atomic E-state index is 0.239. The van der Waals surface area contributed by atoms with Crippen LogP contribution < -0.4 is 0 Å². The van der Waals surface area contributed by atoms with Crippen LogP contribution in [0, 0.1) is 0 Å². The van der Waals surface area contributed by atoms with E-state index in [1.54, 1.807) is 0 Å². The molecule has 2 nitrogen and oxygen atoms in total. The standard InChI is InChI=1S/C18H27NO/c1-4-15-9-11-16(12-10-15)17(20)18(13-7-8-14-18)19(5-2)6-3/h9-12H,4-8,13-14H2,1-3H3. The number of rotatable bonds is 6. The number of ketones is 1. The van der Waals surface area contributed by atoms with Crippen molar-refractivity contribution in [1.82, 2.24) is 4.90 Å². The van der Waals surface area contributed by atoms with Gasteiger partial charge in [0, 0.05) is 5.56 Å². The third kappa shape index (κ3) is 2.67. The van der Waals surface area contributed by atoms with E-state index < -0.39 is 0 Å². The normalized spacial score (nSPS) is 17.6. The summed E-state index contributed by atoms with van der Waals surface area (Å²) in [6.45, 7) is 8.38.